The molecule has 0 atom stereocenters. The van der Waals surface area contributed by atoms with Gasteiger partial charge in [0, 0.05) is 31.5 Å². The van der Waals surface area contributed by atoms with Crippen molar-refractivity contribution in [2.24, 2.45) is 0 Å². The first-order valence-corrected chi connectivity index (χ1v) is 9.29. The minimum absolute atomic E-state index is 0.00709. The Balaban J connectivity index is 2.00. The number of nitrogens with one attached hydrogen (secondary N) is 1. The predicted molar refractivity (Wildman–Crippen MR) is 85.6 cm³/mol. The molecule has 1 aromatic heterocycles. The van der Waals surface area contributed by atoms with E-state index in [0.717, 1.165) is 31.7 Å². The molecule has 1 aliphatic heterocycles. The molecule has 0 aliphatic carbocycles. The van der Waals surface area contributed by atoms with Crippen molar-refractivity contribution in [1.29, 1.82) is 0 Å². The van der Waals surface area contributed by atoms with Gasteiger partial charge in [0.2, 0.25) is 10.0 Å². The normalized spacial score (nSPS) is 17.0. The summed E-state index contributed by atoms with van der Waals surface area (Å²) < 4.78 is 31.7. The number of rotatable bonds is 6. The van der Waals surface area contributed by atoms with Crippen molar-refractivity contribution in [3.05, 3.63) is 12.4 Å². The molecule has 0 radical (unpaired) electrons. The van der Waals surface area contributed by atoms with Crippen molar-refractivity contribution < 1.29 is 13.2 Å². The molecule has 0 unspecified atom stereocenters. The van der Waals surface area contributed by atoms with Crippen molar-refractivity contribution >= 4 is 15.8 Å². The zero-order valence-electron chi connectivity index (χ0n) is 13.3. The maximum Gasteiger partial charge on any atom is 0.257 e. The molecule has 0 bridgehead atoms. The van der Waals surface area contributed by atoms with Gasteiger partial charge in [-0.1, -0.05) is 0 Å². The number of anilines is 1. The number of hydrogen-bond donors (Lipinski definition) is 1. The summed E-state index contributed by atoms with van der Waals surface area (Å²) in [6, 6.07) is -0.00709. The first kappa shape index (κ1) is 17.0. The molecule has 1 N–H and O–H groups in total. The molecule has 2 rings (SSSR count). The number of sulfonamides is 1. The highest BCUT2D eigenvalue weighted by atomic mass is 32.2. The first-order valence-electron chi connectivity index (χ1n) is 7.64. The monoisotopic (exact) mass is 328 g/mol. The second kappa shape index (κ2) is 7.23. The second-order valence-electron chi connectivity index (χ2n) is 5.63. The van der Waals surface area contributed by atoms with Crippen LogP contribution in [0.4, 0.5) is 5.82 Å². The molecular formula is C14H24N4O3S. The van der Waals surface area contributed by atoms with Gasteiger partial charge in [-0.2, -0.15) is 0 Å². The average molecular weight is 328 g/mol. The van der Waals surface area contributed by atoms with E-state index in [0.29, 0.717) is 5.88 Å². The van der Waals surface area contributed by atoms with Gasteiger partial charge in [-0.25, -0.2) is 23.1 Å². The summed E-state index contributed by atoms with van der Waals surface area (Å²) in [5.74, 6) is 1.38. The summed E-state index contributed by atoms with van der Waals surface area (Å²) in [7, 11) is -3.15. The Morgan fingerprint density at radius 1 is 1.32 bits per heavy atom. The fraction of sp³-hybridized carbons (Fsp3) is 0.714. The quantitative estimate of drug-likeness (QED) is 0.844. The Labute approximate surface area is 132 Å². The van der Waals surface area contributed by atoms with E-state index in [9.17, 15) is 8.42 Å². The van der Waals surface area contributed by atoms with E-state index in [1.54, 1.807) is 19.3 Å². The van der Waals surface area contributed by atoms with Crippen molar-refractivity contribution in [3.63, 3.8) is 0 Å². The summed E-state index contributed by atoms with van der Waals surface area (Å²) in [4.78, 5) is 10.7. The average Bonchev–Trinajstić information content (AvgIpc) is 2.48. The van der Waals surface area contributed by atoms with E-state index in [1.807, 2.05) is 13.8 Å². The molecule has 7 nitrogen and oxygen atoms in total. The van der Waals surface area contributed by atoms with E-state index >= 15 is 0 Å². The Kier molecular flexibility index (Phi) is 5.57. The van der Waals surface area contributed by atoms with Crippen LogP contribution in [0.25, 0.3) is 0 Å². The van der Waals surface area contributed by atoms with Crippen LogP contribution in [0.3, 0.4) is 0 Å². The predicted octanol–water partition coefficient (Wildman–Crippen LogP) is 1.17. The van der Waals surface area contributed by atoms with Crippen LogP contribution in [-0.4, -0.2) is 49.4 Å². The Morgan fingerprint density at radius 2 is 1.95 bits per heavy atom. The van der Waals surface area contributed by atoms with Crippen LogP contribution in [0.5, 0.6) is 5.88 Å². The fourth-order valence-electron chi connectivity index (χ4n) is 2.39. The molecule has 124 valence electrons. The largest absolute Gasteiger partial charge is 0.472 e. The molecule has 0 saturated carbocycles. The number of piperidine rings is 1. The minimum atomic E-state index is -3.15. The van der Waals surface area contributed by atoms with Crippen LogP contribution in [0, 0.1) is 0 Å². The number of aromatic nitrogens is 2. The van der Waals surface area contributed by atoms with Gasteiger partial charge in [-0.3, -0.25) is 0 Å². The zero-order valence-corrected chi connectivity index (χ0v) is 14.1. The standard InChI is InChI=1S/C14H24N4O3S/c1-4-22(19,20)17-12-5-9-18(10-6-12)13-14(21-11(2)3)16-8-7-15-13/h7-8,11-12,17H,4-6,9-10H2,1-3H3. The summed E-state index contributed by atoms with van der Waals surface area (Å²) in [6.07, 6.45) is 4.79. The van der Waals surface area contributed by atoms with Gasteiger partial charge in [0.15, 0.2) is 5.82 Å². The highest BCUT2D eigenvalue weighted by Crippen LogP contribution is 2.26. The summed E-state index contributed by atoms with van der Waals surface area (Å²) in [6.45, 7) is 7.00. The van der Waals surface area contributed by atoms with Crippen molar-refractivity contribution in [3.8, 4) is 5.88 Å². The fourth-order valence-corrected chi connectivity index (χ4v) is 3.30. The summed E-state index contributed by atoms with van der Waals surface area (Å²) >= 11 is 0. The Bertz CT molecular complexity index is 584. The smallest absolute Gasteiger partial charge is 0.257 e. The third-order valence-electron chi connectivity index (χ3n) is 3.51. The van der Waals surface area contributed by atoms with Crippen LogP contribution >= 0.6 is 0 Å². The van der Waals surface area contributed by atoms with Crippen molar-refractivity contribution in [2.75, 3.05) is 23.7 Å². The van der Waals surface area contributed by atoms with Crippen LogP contribution in [0.1, 0.15) is 33.6 Å². The molecule has 0 amide bonds. The van der Waals surface area contributed by atoms with Crippen LogP contribution < -0.4 is 14.4 Å². The van der Waals surface area contributed by atoms with Crippen LogP contribution in [-0.2, 0) is 10.0 Å². The first-order chi connectivity index (χ1) is 10.4. The molecule has 8 heteroatoms. The van der Waals surface area contributed by atoms with E-state index in [4.69, 9.17) is 4.74 Å². The van der Waals surface area contributed by atoms with E-state index in [-0.39, 0.29) is 17.9 Å². The van der Waals surface area contributed by atoms with Gasteiger partial charge in [0.05, 0.1) is 11.9 Å². The van der Waals surface area contributed by atoms with Crippen molar-refractivity contribution in [1.82, 2.24) is 14.7 Å². The summed E-state index contributed by atoms with van der Waals surface area (Å²) in [5, 5.41) is 0. The van der Waals surface area contributed by atoms with Gasteiger partial charge < -0.3 is 9.64 Å². The molecule has 22 heavy (non-hydrogen) atoms. The molecule has 1 saturated heterocycles. The number of hydrogen-bond acceptors (Lipinski definition) is 6. The van der Waals surface area contributed by atoms with E-state index in [1.165, 1.54) is 0 Å². The zero-order chi connectivity index (χ0) is 16.2. The lowest BCUT2D eigenvalue weighted by Crippen LogP contribution is -2.45. The lowest BCUT2D eigenvalue weighted by molar-refractivity contribution is 0.231. The third kappa shape index (κ3) is 4.54. The van der Waals surface area contributed by atoms with Crippen molar-refractivity contribution in [2.45, 2.75) is 45.8 Å². The van der Waals surface area contributed by atoms with Gasteiger partial charge in [0.25, 0.3) is 5.88 Å². The minimum Gasteiger partial charge on any atom is -0.472 e. The Morgan fingerprint density at radius 3 is 2.55 bits per heavy atom. The topological polar surface area (TPSA) is 84.4 Å². The number of nitrogens with zero attached hydrogens (tertiary/aromatic N) is 3. The SMILES string of the molecule is CCS(=O)(=O)NC1CCN(c2nccnc2OC(C)C)CC1. The van der Waals surface area contributed by atoms with Gasteiger partial charge in [-0.15, -0.1) is 0 Å². The van der Waals surface area contributed by atoms with E-state index < -0.39 is 10.0 Å². The molecule has 1 aromatic rings. The maximum atomic E-state index is 11.6. The van der Waals surface area contributed by atoms with Gasteiger partial charge >= 0.3 is 0 Å². The lowest BCUT2D eigenvalue weighted by Gasteiger charge is -2.33. The highest BCUT2D eigenvalue weighted by molar-refractivity contribution is 7.89. The molecule has 1 aliphatic rings. The third-order valence-corrected chi connectivity index (χ3v) is 4.97. The summed E-state index contributed by atoms with van der Waals surface area (Å²) in [5.41, 5.74) is 0. The molecular weight excluding hydrogens is 304 g/mol. The lowest BCUT2D eigenvalue weighted by atomic mass is 10.1. The maximum absolute atomic E-state index is 11.6. The highest BCUT2D eigenvalue weighted by Gasteiger charge is 2.25. The van der Waals surface area contributed by atoms with E-state index in [2.05, 4.69) is 19.6 Å². The molecule has 2 heterocycles. The van der Waals surface area contributed by atoms with Gasteiger partial charge in [-0.05, 0) is 33.6 Å². The van der Waals surface area contributed by atoms with Gasteiger partial charge in [0.1, 0.15) is 0 Å². The Hall–Kier alpha value is -1.41. The molecule has 0 aromatic carbocycles. The van der Waals surface area contributed by atoms with Crippen LogP contribution in [0.15, 0.2) is 12.4 Å². The molecule has 0 spiro atoms. The molecule has 1 fully saturated rings. The number of ether oxygens (including phenoxy) is 1. The van der Waals surface area contributed by atoms with Crippen LogP contribution in [0.2, 0.25) is 0 Å². The second-order valence-corrected chi connectivity index (χ2v) is 7.68.